The van der Waals surface area contributed by atoms with Crippen molar-refractivity contribution < 1.29 is 5.11 Å². The normalized spacial score (nSPS) is 10.7. The summed E-state index contributed by atoms with van der Waals surface area (Å²) in [5.41, 5.74) is -0.950. The first kappa shape index (κ1) is 13.7. The number of aromatic nitrogens is 2. The lowest BCUT2D eigenvalue weighted by Gasteiger charge is -2.11. The molecule has 1 heterocycles. The quantitative estimate of drug-likeness (QED) is 0.892. The third kappa shape index (κ3) is 2.52. The van der Waals surface area contributed by atoms with Gasteiger partial charge in [0, 0.05) is 10.0 Å². The number of aromatic hydroxyl groups is 1. The minimum absolute atomic E-state index is 0.121. The van der Waals surface area contributed by atoms with E-state index in [0.29, 0.717) is 10.0 Å². The highest BCUT2D eigenvalue weighted by atomic mass is 35.5. The second-order valence-electron chi connectivity index (χ2n) is 3.88. The molecule has 0 aliphatic heterocycles. The molecule has 0 fully saturated rings. The zero-order valence-corrected chi connectivity index (χ0v) is 11.4. The summed E-state index contributed by atoms with van der Waals surface area (Å²) in [5.74, 6) is -0.408. The van der Waals surface area contributed by atoms with Gasteiger partial charge in [-0.05, 0) is 24.6 Å². The van der Waals surface area contributed by atoms with Gasteiger partial charge in [-0.15, -0.1) is 0 Å². The molecule has 7 heteroatoms. The Balaban J connectivity index is 2.82. The van der Waals surface area contributed by atoms with Crippen molar-refractivity contribution in [3.63, 3.8) is 0 Å². The Kier molecular flexibility index (Phi) is 3.68. The van der Waals surface area contributed by atoms with Crippen LogP contribution >= 0.6 is 23.2 Å². The lowest BCUT2D eigenvalue weighted by molar-refractivity contribution is 0.423. The lowest BCUT2D eigenvalue weighted by Crippen LogP contribution is -2.31. The summed E-state index contributed by atoms with van der Waals surface area (Å²) in [7, 11) is 0. The highest BCUT2D eigenvalue weighted by Crippen LogP contribution is 2.24. The molecule has 0 aliphatic rings. The van der Waals surface area contributed by atoms with Crippen molar-refractivity contribution in [1.29, 1.82) is 0 Å². The molecule has 1 aromatic carbocycles. The van der Waals surface area contributed by atoms with Crippen molar-refractivity contribution in [1.82, 2.24) is 9.55 Å². The fourth-order valence-electron chi connectivity index (χ4n) is 1.79. The van der Waals surface area contributed by atoms with E-state index < -0.39 is 17.1 Å². The predicted octanol–water partition coefficient (Wildman–Crippen LogP) is 2.10. The smallest absolute Gasteiger partial charge is 0.335 e. The average molecular weight is 301 g/mol. The van der Waals surface area contributed by atoms with Gasteiger partial charge in [-0.3, -0.25) is 9.78 Å². The first-order chi connectivity index (χ1) is 8.93. The SMILES string of the molecule is CCc1c(O)n(-c2cc(Cl)cc(Cl)c2)c(=O)[nH]c1=O. The Bertz CT molecular complexity index is 729. The van der Waals surface area contributed by atoms with Gasteiger partial charge >= 0.3 is 5.69 Å². The average Bonchev–Trinajstić information content (AvgIpc) is 2.27. The van der Waals surface area contributed by atoms with Gasteiger partial charge in [-0.1, -0.05) is 30.1 Å². The topological polar surface area (TPSA) is 75.1 Å². The summed E-state index contributed by atoms with van der Waals surface area (Å²) in [5, 5.41) is 10.7. The highest BCUT2D eigenvalue weighted by Gasteiger charge is 2.14. The number of nitrogens with zero attached hydrogens (tertiary/aromatic N) is 1. The second kappa shape index (κ2) is 5.11. The Labute approximate surface area is 118 Å². The Morgan fingerprint density at radius 3 is 2.32 bits per heavy atom. The number of H-pyrrole nitrogens is 1. The van der Waals surface area contributed by atoms with Gasteiger partial charge in [0.2, 0.25) is 5.88 Å². The van der Waals surface area contributed by atoms with E-state index in [1.54, 1.807) is 6.92 Å². The van der Waals surface area contributed by atoms with Crippen LogP contribution in [0.5, 0.6) is 5.88 Å². The van der Waals surface area contributed by atoms with E-state index in [-0.39, 0.29) is 17.7 Å². The van der Waals surface area contributed by atoms with Crippen LogP contribution in [-0.4, -0.2) is 14.7 Å². The summed E-state index contributed by atoms with van der Waals surface area (Å²) in [4.78, 5) is 25.5. The Hall–Kier alpha value is -1.72. The van der Waals surface area contributed by atoms with Crippen LogP contribution < -0.4 is 11.2 Å². The van der Waals surface area contributed by atoms with E-state index >= 15 is 0 Å². The summed E-state index contributed by atoms with van der Waals surface area (Å²) in [6.07, 6.45) is 0.287. The molecule has 19 heavy (non-hydrogen) atoms. The lowest BCUT2D eigenvalue weighted by atomic mass is 10.2. The zero-order chi connectivity index (χ0) is 14.2. The van der Waals surface area contributed by atoms with Gasteiger partial charge in [0.1, 0.15) is 0 Å². The van der Waals surface area contributed by atoms with E-state index in [1.807, 2.05) is 0 Å². The minimum Gasteiger partial charge on any atom is -0.494 e. The Morgan fingerprint density at radius 2 is 1.79 bits per heavy atom. The molecular weight excluding hydrogens is 291 g/mol. The molecule has 0 aliphatic carbocycles. The first-order valence-corrected chi connectivity index (χ1v) is 6.23. The summed E-state index contributed by atoms with van der Waals surface area (Å²) in [6.45, 7) is 1.70. The molecule has 2 aromatic rings. The standard InChI is InChI=1S/C12H10Cl2N2O3/c1-2-9-10(17)15-12(19)16(11(9)18)8-4-6(13)3-7(14)5-8/h3-5,18H,2H2,1H3,(H,15,17,19). The van der Waals surface area contributed by atoms with Gasteiger partial charge in [-0.25, -0.2) is 9.36 Å². The van der Waals surface area contributed by atoms with Crippen molar-refractivity contribution in [3.05, 3.63) is 54.6 Å². The van der Waals surface area contributed by atoms with Crippen LogP contribution in [0.25, 0.3) is 5.69 Å². The maximum Gasteiger partial charge on any atom is 0.335 e. The van der Waals surface area contributed by atoms with Crippen LogP contribution in [0.3, 0.4) is 0 Å². The molecule has 0 saturated carbocycles. The molecule has 2 N–H and O–H groups in total. The molecule has 1 aromatic heterocycles. The van der Waals surface area contributed by atoms with E-state index in [1.165, 1.54) is 18.2 Å². The molecule has 0 bridgehead atoms. The molecule has 2 rings (SSSR count). The number of hydrogen-bond acceptors (Lipinski definition) is 3. The number of benzene rings is 1. The molecule has 5 nitrogen and oxygen atoms in total. The number of halogens is 2. The van der Waals surface area contributed by atoms with Crippen molar-refractivity contribution in [3.8, 4) is 11.6 Å². The van der Waals surface area contributed by atoms with E-state index in [9.17, 15) is 14.7 Å². The van der Waals surface area contributed by atoms with Crippen LogP contribution in [0.2, 0.25) is 10.0 Å². The highest BCUT2D eigenvalue weighted by molar-refractivity contribution is 6.34. The van der Waals surface area contributed by atoms with E-state index in [4.69, 9.17) is 23.2 Å². The molecule has 100 valence electrons. The number of aromatic amines is 1. The zero-order valence-electron chi connectivity index (χ0n) is 9.91. The van der Waals surface area contributed by atoms with Gasteiger partial charge in [-0.2, -0.15) is 0 Å². The number of rotatable bonds is 2. The van der Waals surface area contributed by atoms with Gasteiger partial charge in [0.05, 0.1) is 11.3 Å². The van der Waals surface area contributed by atoms with Crippen LogP contribution in [0.4, 0.5) is 0 Å². The fraction of sp³-hybridized carbons (Fsp3) is 0.167. The second-order valence-corrected chi connectivity index (χ2v) is 4.75. The minimum atomic E-state index is -0.752. The van der Waals surface area contributed by atoms with Gasteiger partial charge in [0.25, 0.3) is 5.56 Å². The third-order valence-corrected chi connectivity index (χ3v) is 3.07. The van der Waals surface area contributed by atoms with E-state index in [2.05, 4.69) is 4.98 Å². The van der Waals surface area contributed by atoms with Gasteiger partial charge in [0.15, 0.2) is 0 Å². The van der Waals surface area contributed by atoms with Crippen LogP contribution in [-0.2, 0) is 6.42 Å². The monoisotopic (exact) mass is 300 g/mol. The van der Waals surface area contributed by atoms with Crippen molar-refractivity contribution in [2.75, 3.05) is 0 Å². The maximum absolute atomic E-state index is 11.8. The van der Waals surface area contributed by atoms with E-state index in [0.717, 1.165) is 4.57 Å². The molecular formula is C12H10Cl2N2O3. The largest absolute Gasteiger partial charge is 0.494 e. The third-order valence-electron chi connectivity index (χ3n) is 2.64. The molecule has 0 unspecified atom stereocenters. The Morgan fingerprint density at radius 1 is 1.21 bits per heavy atom. The fourth-order valence-corrected chi connectivity index (χ4v) is 2.30. The van der Waals surface area contributed by atoms with Crippen molar-refractivity contribution >= 4 is 23.2 Å². The number of nitrogens with one attached hydrogen (secondary N) is 1. The van der Waals surface area contributed by atoms with Crippen molar-refractivity contribution in [2.24, 2.45) is 0 Å². The first-order valence-electron chi connectivity index (χ1n) is 5.47. The van der Waals surface area contributed by atoms with Gasteiger partial charge < -0.3 is 5.11 Å². The maximum atomic E-state index is 11.8. The van der Waals surface area contributed by atoms with Crippen molar-refractivity contribution in [2.45, 2.75) is 13.3 Å². The van der Waals surface area contributed by atoms with Crippen LogP contribution in [0.1, 0.15) is 12.5 Å². The molecule has 0 amide bonds. The molecule has 0 radical (unpaired) electrons. The van der Waals surface area contributed by atoms with Crippen LogP contribution in [0.15, 0.2) is 27.8 Å². The molecule has 0 spiro atoms. The summed E-state index contributed by atoms with van der Waals surface area (Å²) < 4.78 is 0.956. The molecule has 0 saturated heterocycles. The number of hydrogen-bond donors (Lipinski definition) is 2. The molecule has 0 atom stereocenters. The summed E-state index contributed by atoms with van der Waals surface area (Å²) in [6, 6.07) is 4.43. The predicted molar refractivity (Wildman–Crippen MR) is 73.7 cm³/mol. The van der Waals surface area contributed by atoms with Crippen LogP contribution in [0, 0.1) is 0 Å². The summed E-state index contributed by atoms with van der Waals surface area (Å²) >= 11 is 11.7.